The number of ether oxygens (including phenoxy) is 3. The zero-order valence-corrected chi connectivity index (χ0v) is 17.5. The lowest BCUT2D eigenvalue weighted by Gasteiger charge is -2.17. The number of hydrogen-bond donors (Lipinski definition) is 0. The molecule has 0 spiro atoms. The van der Waals surface area contributed by atoms with E-state index in [9.17, 15) is 4.79 Å². The van der Waals surface area contributed by atoms with Gasteiger partial charge in [-0.2, -0.15) is 0 Å². The number of carbonyl (C=O) groups excluding carboxylic acids is 1. The monoisotopic (exact) mass is 378 g/mol. The van der Waals surface area contributed by atoms with Crippen LogP contribution in [-0.4, -0.2) is 26.3 Å². The van der Waals surface area contributed by atoms with Gasteiger partial charge in [-0.3, -0.25) is 4.79 Å². The van der Waals surface area contributed by atoms with Gasteiger partial charge in [-0.05, 0) is 24.1 Å². The highest BCUT2D eigenvalue weighted by molar-refractivity contribution is 5.69. The number of hydrogen-bond acceptors (Lipinski definition) is 4. The van der Waals surface area contributed by atoms with Crippen molar-refractivity contribution in [3.05, 3.63) is 29.8 Å². The average Bonchev–Trinajstić information content (AvgIpc) is 2.70. The SMILES string of the molecule is CCCCCCCCCCCC(CC(=O)OC)OCc1ccc(OC)cc1. The van der Waals surface area contributed by atoms with Crippen LogP contribution in [0.5, 0.6) is 5.75 Å². The lowest BCUT2D eigenvalue weighted by Crippen LogP contribution is -2.19. The summed E-state index contributed by atoms with van der Waals surface area (Å²) in [5, 5.41) is 0. The number of esters is 1. The Morgan fingerprint density at radius 2 is 1.48 bits per heavy atom. The zero-order chi connectivity index (χ0) is 19.7. The third-order valence-corrected chi connectivity index (χ3v) is 4.90. The summed E-state index contributed by atoms with van der Waals surface area (Å²) in [5.41, 5.74) is 1.08. The number of rotatable bonds is 16. The smallest absolute Gasteiger partial charge is 0.308 e. The molecule has 4 heteroatoms. The van der Waals surface area contributed by atoms with Crippen molar-refractivity contribution in [1.82, 2.24) is 0 Å². The van der Waals surface area contributed by atoms with Gasteiger partial charge in [0.15, 0.2) is 0 Å². The van der Waals surface area contributed by atoms with E-state index in [-0.39, 0.29) is 12.1 Å². The van der Waals surface area contributed by atoms with Crippen LogP contribution in [0.15, 0.2) is 24.3 Å². The van der Waals surface area contributed by atoms with Crippen LogP contribution < -0.4 is 4.74 Å². The molecule has 154 valence electrons. The first-order chi connectivity index (χ1) is 13.2. The van der Waals surface area contributed by atoms with E-state index in [2.05, 4.69) is 6.92 Å². The second-order valence-corrected chi connectivity index (χ2v) is 7.18. The summed E-state index contributed by atoms with van der Waals surface area (Å²) in [7, 11) is 3.09. The molecular formula is C23H38O4. The molecule has 0 bridgehead atoms. The number of methoxy groups -OCH3 is 2. The van der Waals surface area contributed by atoms with Gasteiger partial charge >= 0.3 is 5.97 Å². The quantitative estimate of drug-likeness (QED) is 0.259. The summed E-state index contributed by atoms with van der Waals surface area (Å²) in [6.45, 7) is 2.75. The van der Waals surface area contributed by atoms with Gasteiger partial charge in [-0.15, -0.1) is 0 Å². The van der Waals surface area contributed by atoms with Gasteiger partial charge in [0.2, 0.25) is 0 Å². The first-order valence-corrected chi connectivity index (χ1v) is 10.5. The van der Waals surface area contributed by atoms with Crippen LogP contribution in [0.2, 0.25) is 0 Å². The van der Waals surface area contributed by atoms with Crippen molar-refractivity contribution < 1.29 is 19.0 Å². The molecule has 4 nitrogen and oxygen atoms in total. The van der Waals surface area contributed by atoms with Gasteiger partial charge in [0.05, 0.1) is 33.4 Å². The van der Waals surface area contributed by atoms with Crippen molar-refractivity contribution in [2.75, 3.05) is 14.2 Å². The van der Waals surface area contributed by atoms with Crippen molar-refractivity contribution in [3.63, 3.8) is 0 Å². The third-order valence-electron chi connectivity index (χ3n) is 4.90. The van der Waals surface area contributed by atoms with Gasteiger partial charge in [-0.25, -0.2) is 0 Å². The molecule has 0 N–H and O–H groups in total. The van der Waals surface area contributed by atoms with Gasteiger partial charge < -0.3 is 14.2 Å². The van der Waals surface area contributed by atoms with Gasteiger partial charge in [0, 0.05) is 0 Å². The lowest BCUT2D eigenvalue weighted by molar-refractivity contribution is -0.144. The molecule has 1 aromatic carbocycles. The molecule has 0 aliphatic carbocycles. The molecule has 1 aromatic rings. The summed E-state index contributed by atoms with van der Waals surface area (Å²) in [6, 6.07) is 7.84. The van der Waals surface area contributed by atoms with Crippen molar-refractivity contribution >= 4 is 5.97 Å². The van der Waals surface area contributed by atoms with E-state index in [1.54, 1.807) is 7.11 Å². The van der Waals surface area contributed by atoms with Crippen molar-refractivity contribution in [3.8, 4) is 5.75 Å². The molecule has 0 amide bonds. The summed E-state index contributed by atoms with van der Waals surface area (Å²) in [6.07, 6.45) is 12.8. The maximum absolute atomic E-state index is 11.7. The summed E-state index contributed by atoms with van der Waals surface area (Å²) in [5.74, 6) is 0.630. The Hall–Kier alpha value is -1.55. The van der Waals surface area contributed by atoms with Gasteiger partial charge in [0.1, 0.15) is 5.75 Å². The van der Waals surface area contributed by atoms with Gasteiger partial charge in [-0.1, -0.05) is 76.8 Å². The Labute approximate surface area is 165 Å². The molecule has 0 aliphatic heterocycles. The zero-order valence-electron chi connectivity index (χ0n) is 17.5. The van der Waals surface area contributed by atoms with Crippen LogP contribution in [0.3, 0.4) is 0 Å². The van der Waals surface area contributed by atoms with Crippen molar-refractivity contribution in [2.24, 2.45) is 0 Å². The highest BCUT2D eigenvalue weighted by Crippen LogP contribution is 2.17. The minimum atomic E-state index is -0.203. The predicted octanol–water partition coefficient (Wildman–Crippen LogP) is 6.06. The minimum absolute atomic E-state index is 0.0795. The van der Waals surface area contributed by atoms with Crippen LogP contribution >= 0.6 is 0 Å². The largest absolute Gasteiger partial charge is 0.497 e. The van der Waals surface area contributed by atoms with Crippen LogP contribution in [0.4, 0.5) is 0 Å². The first kappa shape index (κ1) is 23.5. The molecule has 1 rings (SSSR count). The fourth-order valence-electron chi connectivity index (χ4n) is 3.13. The minimum Gasteiger partial charge on any atom is -0.497 e. The fourth-order valence-corrected chi connectivity index (χ4v) is 3.13. The molecule has 0 fully saturated rings. The summed E-state index contributed by atoms with van der Waals surface area (Å²) in [4.78, 5) is 11.7. The van der Waals surface area contributed by atoms with E-state index in [1.165, 1.54) is 58.5 Å². The van der Waals surface area contributed by atoms with E-state index < -0.39 is 0 Å². The number of benzene rings is 1. The predicted molar refractivity (Wildman–Crippen MR) is 110 cm³/mol. The Bertz CT molecular complexity index is 484. The maximum Gasteiger partial charge on any atom is 0.308 e. The lowest BCUT2D eigenvalue weighted by atomic mass is 10.0. The highest BCUT2D eigenvalue weighted by atomic mass is 16.5. The second kappa shape index (κ2) is 15.5. The molecule has 0 aliphatic rings. The Morgan fingerprint density at radius 1 is 0.889 bits per heavy atom. The molecule has 0 heterocycles. The topological polar surface area (TPSA) is 44.8 Å². The third kappa shape index (κ3) is 11.7. The molecule has 0 aromatic heterocycles. The Morgan fingerprint density at radius 3 is 2.04 bits per heavy atom. The molecule has 0 radical (unpaired) electrons. The number of unbranched alkanes of at least 4 members (excludes halogenated alkanes) is 8. The van der Waals surface area contributed by atoms with Gasteiger partial charge in [0.25, 0.3) is 0 Å². The molecule has 0 saturated carbocycles. The van der Waals surface area contributed by atoms with Crippen LogP contribution in [0.25, 0.3) is 0 Å². The highest BCUT2D eigenvalue weighted by Gasteiger charge is 2.15. The summed E-state index contributed by atoms with van der Waals surface area (Å²) >= 11 is 0. The molecule has 1 unspecified atom stereocenters. The van der Waals surface area contributed by atoms with Crippen LogP contribution in [0.1, 0.15) is 83.1 Å². The van der Waals surface area contributed by atoms with E-state index in [0.29, 0.717) is 13.0 Å². The maximum atomic E-state index is 11.7. The molecule has 1 atom stereocenters. The number of carbonyl (C=O) groups is 1. The second-order valence-electron chi connectivity index (χ2n) is 7.18. The summed E-state index contributed by atoms with van der Waals surface area (Å²) < 4.78 is 16.0. The van der Waals surface area contributed by atoms with E-state index in [4.69, 9.17) is 14.2 Å². The van der Waals surface area contributed by atoms with E-state index >= 15 is 0 Å². The fraction of sp³-hybridized carbons (Fsp3) is 0.696. The molecule has 27 heavy (non-hydrogen) atoms. The first-order valence-electron chi connectivity index (χ1n) is 10.5. The normalized spacial score (nSPS) is 12.0. The molecular weight excluding hydrogens is 340 g/mol. The van der Waals surface area contributed by atoms with Crippen molar-refractivity contribution in [2.45, 2.75) is 90.3 Å². The van der Waals surface area contributed by atoms with E-state index in [1.807, 2.05) is 24.3 Å². The van der Waals surface area contributed by atoms with Crippen molar-refractivity contribution in [1.29, 1.82) is 0 Å². The molecule has 0 saturated heterocycles. The standard InChI is InChI=1S/C23H38O4/c1-4-5-6-7-8-9-10-11-12-13-22(18-23(24)26-3)27-19-20-14-16-21(25-2)17-15-20/h14-17,22H,4-13,18-19H2,1-3H3. The van der Waals surface area contributed by atoms with Crippen LogP contribution in [-0.2, 0) is 20.9 Å². The average molecular weight is 379 g/mol. The van der Waals surface area contributed by atoms with E-state index in [0.717, 1.165) is 24.2 Å². The Balaban J connectivity index is 2.26. The van der Waals surface area contributed by atoms with Crippen LogP contribution in [0, 0.1) is 0 Å². The Kier molecular flexibility index (Phi) is 13.5.